The number of benzene rings is 1. The molecule has 1 aliphatic heterocycles. The molecule has 96 valence electrons. The van der Waals surface area contributed by atoms with Crippen LogP contribution in [0.1, 0.15) is 12.8 Å². The van der Waals surface area contributed by atoms with Gasteiger partial charge in [0.25, 0.3) is 0 Å². The van der Waals surface area contributed by atoms with Gasteiger partial charge in [0.15, 0.2) is 5.82 Å². The van der Waals surface area contributed by atoms with Crippen molar-refractivity contribution in [2.75, 3.05) is 11.9 Å². The highest BCUT2D eigenvalue weighted by molar-refractivity contribution is 6.31. The number of hydrogen-bond acceptors (Lipinski definition) is 2. The second kappa shape index (κ2) is 5.35. The van der Waals surface area contributed by atoms with Crippen LogP contribution in [0.25, 0.3) is 0 Å². The average Bonchev–Trinajstić information content (AvgIpc) is 2.35. The fourth-order valence-corrected chi connectivity index (χ4v) is 2.02. The summed E-state index contributed by atoms with van der Waals surface area (Å²) in [5.41, 5.74) is -0.00845. The first kappa shape index (κ1) is 12.8. The molecule has 0 saturated carbocycles. The van der Waals surface area contributed by atoms with E-state index in [0.29, 0.717) is 13.0 Å². The van der Waals surface area contributed by atoms with Gasteiger partial charge in [-0.25, -0.2) is 4.39 Å². The van der Waals surface area contributed by atoms with Crippen molar-refractivity contribution in [3.8, 4) is 0 Å². The Hall–Kier alpha value is -1.62. The summed E-state index contributed by atoms with van der Waals surface area (Å²) in [6.45, 7) is 0.578. The molecule has 0 bridgehead atoms. The fraction of sp³-hybridized carbons (Fsp3) is 0.333. The minimum Gasteiger partial charge on any atom is -0.355 e. The number of nitrogens with one attached hydrogen (secondary N) is 2. The molecule has 1 aliphatic rings. The van der Waals surface area contributed by atoms with E-state index in [1.165, 1.54) is 18.2 Å². The van der Waals surface area contributed by atoms with Gasteiger partial charge in [-0.2, -0.15) is 0 Å². The molecule has 2 amide bonds. The van der Waals surface area contributed by atoms with E-state index in [9.17, 15) is 14.0 Å². The standard InChI is InChI=1S/C12H12ClFN2O2/c13-8-4-1-5-9(10(8)14)16-12(18)7-3-2-6-15-11(7)17/h1,4-5,7H,2-3,6H2,(H,15,17)(H,16,18). The Morgan fingerprint density at radius 1 is 1.50 bits per heavy atom. The van der Waals surface area contributed by atoms with Crippen LogP contribution in [0.3, 0.4) is 0 Å². The summed E-state index contributed by atoms with van der Waals surface area (Å²) in [6.07, 6.45) is 1.21. The Labute approximate surface area is 109 Å². The molecule has 6 heteroatoms. The lowest BCUT2D eigenvalue weighted by Crippen LogP contribution is -2.42. The van der Waals surface area contributed by atoms with E-state index in [2.05, 4.69) is 10.6 Å². The Balaban J connectivity index is 2.11. The third kappa shape index (κ3) is 2.61. The van der Waals surface area contributed by atoms with Crippen molar-refractivity contribution in [2.45, 2.75) is 12.8 Å². The lowest BCUT2D eigenvalue weighted by atomic mass is 9.98. The topological polar surface area (TPSA) is 58.2 Å². The highest BCUT2D eigenvalue weighted by atomic mass is 35.5. The first-order valence-electron chi connectivity index (χ1n) is 5.62. The normalized spacial score (nSPS) is 19.2. The first-order valence-corrected chi connectivity index (χ1v) is 6.00. The maximum absolute atomic E-state index is 13.6. The Morgan fingerprint density at radius 3 is 3.00 bits per heavy atom. The summed E-state index contributed by atoms with van der Waals surface area (Å²) in [6, 6.07) is 4.32. The molecule has 1 fully saturated rings. The van der Waals surface area contributed by atoms with Gasteiger partial charge >= 0.3 is 0 Å². The van der Waals surface area contributed by atoms with Crippen LogP contribution in [0, 0.1) is 11.7 Å². The van der Waals surface area contributed by atoms with Crippen LogP contribution >= 0.6 is 11.6 Å². The summed E-state index contributed by atoms with van der Waals surface area (Å²) >= 11 is 5.61. The van der Waals surface area contributed by atoms with Gasteiger partial charge in [0, 0.05) is 6.54 Å². The first-order chi connectivity index (χ1) is 8.59. The van der Waals surface area contributed by atoms with Crippen molar-refractivity contribution in [3.05, 3.63) is 29.0 Å². The molecule has 1 aromatic carbocycles. The van der Waals surface area contributed by atoms with Crippen molar-refractivity contribution in [2.24, 2.45) is 5.92 Å². The van der Waals surface area contributed by atoms with Gasteiger partial charge in [-0.15, -0.1) is 0 Å². The molecule has 4 nitrogen and oxygen atoms in total. The maximum atomic E-state index is 13.6. The van der Waals surface area contributed by atoms with E-state index in [4.69, 9.17) is 11.6 Å². The van der Waals surface area contributed by atoms with Crippen LogP contribution in [-0.4, -0.2) is 18.4 Å². The Morgan fingerprint density at radius 2 is 2.28 bits per heavy atom. The van der Waals surface area contributed by atoms with Crippen molar-refractivity contribution < 1.29 is 14.0 Å². The second-order valence-electron chi connectivity index (χ2n) is 4.08. The molecule has 0 aromatic heterocycles. The SMILES string of the molecule is O=C1NCCCC1C(=O)Nc1cccc(Cl)c1F. The molecule has 0 spiro atoms. The molecular weight excluding hydrogens is 259 g/mol. The van der Waals surface area contributed by atoms with Crippen LogP contribution in [-0.2, 0) is 9.59 Å². The molecule has 1 unspecified atom stereocenters. The van der Waals surface area contributed by atoms with Crippen LogP contribution < -0.4 is 10.6 Å². The molecule has 1 heterocycles. The highest BCUT2D eigenvalue weighted by Gasteiger charge is 2.29. The number of carbonyl (C=O) groups is 2. The van der Waals surface area contributed by atoms with Crippen molar-refractivity contribution in [3.63, 3.8) is 0 Å². The maximum Gasteiger partial charge on any atom is 0.237 e. The van der Waals surface area contributed by atoms with Gasteiger partial charge in [-0.3, -0.25) is 9.59 Å². The average molecular weight is 271 g/mol. The third-order valence-corrected chi connectivity index (χ3v) is 3.10. The van der Waals surface area contributed by atoms with E-state index in [-0.39, 0.29) is 16.6 Å². The van der Waals surface area contributed by atoms with Gasteiger partial charge in [0.2, 0.25) is 11.8 Å². The molecule has 1 saturated heterocycles. The largest absolute Gasteiger partial charge is 0.355 e. The smallest absolute Gasteiger partial charge is 0.237 e. The second-order valence-corrected chi connectivity index (χ2v) is 4.48. The van der Waals surface area contributed by atoms with Crippen LogP contribution in [0.15, 0.2) is 18.2 Å². The number of hydrogen-bond donors (Lipinski definition) is 2. The van der Waals surface area contributed by atoms with E-state index in [0.717, 1.165) is 6.42 Å². The van der Waals surface area contributed by atoms with E-state index >= 15 is 0 Å². The van der Waals surface area contributed by atoms with Crippen LogP contribution in [0.4, 0.5) is 10.1 Å². The number of carbonyl (C=O) groups excluding carboxylic acids is 2. The zero-order valence-electron chi connectivity index (χ0n) is 9.50. The molecule has 18 heavy (non-hydrogen) atoms. The third-order valence-electron chi connectivity index (χ3n) is 2.81. The highest BCUT2D eigenvalue weighted by Crippen LogP contribution is 2.23. The summed E-state index contributed by atoms with van der Waals surface area (Å²) in [4.78, 5) is 23.3. The van der Waals surface area contributed by atoms with Crippen molar-refractivity contribution >= 4 is 29.1 Å². The zero-order chi connectivity index (χ0) is 13.1. The fourth-order valence-electron chi connectivity index (χ4n) is 1.84. The van der Waals surface area contributed by atoms with Crippen LogP contribution in [0.5, 0.6) is 0 Å². The molecule has 2 rings (SSSR count). The lowest BCUT2D eigenvalue weighted by molar-refractivity contribution is -0.134. The molecular formula is C12H12ClFN2O2. The molecule has 0 aliphatic carbocycles. The van der Waals surface area contributed by atoms with Gasteiger partial charge in [-0.1, -0.05) is 17.7 Å². The summed E-state index contributed by atoms with van der Waals surface area (Å²) in [7, 11) is 0. The number of rotatable bonds is 2. The summed E-state index contributed by atoms with van der Waals surface area (Å²) in [5, 5.41) is 4.93. The monoisotopic (exact) mass is 270 g/mol. The predicted molar refractivity (Wildman–Crippen MR) is 65.8 cm³/mol. The number of halogens is 2. The van der Waals surface area contributed by atoms with Gasteiger partial charge in [-0.05, 0) is 25.0 Å². The van der Waals surface area contributed by atoms with E-state index in [1.807, 2.05) is 0 Å². The van der Waals surface area contributed by atoms with Gasteiger partial charge in [0.05, 0.1) is 10.7 Å². The van der Waals surface area contributed by atoms with E-state index in [1.54, 1.807) is 0 Å². The minimum absolute atomic E-state index is 0.00845. The predicted octanol–water partition coefficient (Wildman–Crippen LogP) is 1.94. The van der Waals surface area contributed by atoms with Crippen molar-refractivity contribution in [1.82, 2.24) is 5.32 Å². The summed E-state index contributed by atoms with van der Waals surface area (Å²) < 4.78 is 13.6. The quantitative estimate of drug-likeness (QED) is 0.807. The minimum atomic E-state index is -0.767. The lowest BCUT2D eigenvalue weighted by Gasteiger charge is -2.21. The van der Waals surface area contributed by atoms with Gasteiger partial charge in [0.1, 0.15) is 5.92 Å². The number of amides is 2. The number of piperidine rings is 1. The Bertz CT molecular complexity index is 493. The van der Waals surface area contributed by atoms with E-state index < -0.39 is 17.6 Å². The van der Waals surface area contributed by atoms with Crippen LogP contribution in [0.2, 0.25) is 5.02 Å². The summed E-state index contributed by atoms with van der Waals surface area (Å²) in [5.74, 6) is -2.28. The molecule has 1 aromatic rings. The zero-order valence-corrected chi connectivity index (χ0v) is 10.3. The number of anilines is 1. The van der Waals surface area contributed by atoms with Crippen molar-refractivity contribution in [1.29, 1.82) is 0 Å². The molecule has 1 atom stereocenters. The Kier molecular flexibility index (Phi) is 3.81. The van der Waals surface area contributed by atoms with Gasteiger partial charge < -0.3 is 10.6 Å². The molecule has 2 N–H and O–H groups in total. The molecule has 0 radical (unpaired) electrons.